The van der Waals surface area contributed by atoms with Crippen LogP contribution in [0.3, 0.4) is 0 Å². The van der Waals surface area contributed by atoms with E-state index in [0.29, 0.717) is 6.42 Å². The molecule has 7 heteroatoms. The van der Waals surface area contributed by atoms with Crippen LogP contribution in [0.4, 0.5) is 11.6 Å². The lowest BCUT2D eigenvalue weighted by molar-refractivity contribution is -0.118. The maximum atomic E-state index is 12.2. The first-order valence-corrected chi connectivity index (χ1v) is 11.3. The number of carbonyl (C=O) groups excluding carboxylic acids is 1. The second kappa shape index (κ2) is 8.13. The van der Waals surface area contributed by atoms with Gasteiger partial charge in [0.1, 0.15) is 17.5 Å². The zero-order valence-corrected chi connectivity index (χ0v) is 19.3. The zero-order chi connectivity index (χ0) is 22.4. The highest BCUT2D eigenvalue weighted by molar-refractivity contribution is 5.94. The summed E-state index contributed by atoms with van der Waals surface area (Å²) in [5.74, 6) is 3.11. The fraction of sp³-hybridized carbons (Fsp3) is 0.440. The number of hydrogen-bond acceptors (Lipinski definition) is 6. The molecule has 1 fully saturated rings. The molecular formula is C25H30N6O. The van der Waals surface area contributed by atoms with Gasteiger partial charge in [-0.2, -0.15) is 0 Å². The smallest absolute Gasteiger partial charge is 0.228 e. The molecule has 2 aliphatic rings. The van der Waals surface area contributed by atoms with Crippen LogP contribution in [0.5, 0.6) is 0 Å². The van der Waals surface area contributed by atoms with E-state index in [4.69, 9.17) is 15.0 Å². The Morgan fingerprint density at radius 2 is 1.94 bits per heavy atom. The van der Waals surface area contributed by atoms with E-state index in [9.17, 15) is 4.79 Å². The number of nitrogens with zero attached hydrogens (tertiary/aromatic N) is 6. The minimum absolute atomic E-state index is 0.134. The molecule has 166 valence electrons. The molecule has 0 bridgehead atoms. The van der Waals surface area contributed by atoms with Gasteiger partial charge in [-0.05, 0) is 38.4 Å². The van der Waals surface area contributed by atoms with E-state index < -0.39 is 0 Å². The topological polar surface area (TPSA) is 65.5 Å². The van der Waals surface area contributed by atoms with Crippen molar-refractivity contribution in [3.05, 3.63) is 53.0 Å². The number of benzene rings is 1. The minimum atomic E-state index is 0.134. The van der Waals surface area contributed by atoms with Gasteiger partial charge in [0.15, 0.2) is 0 Å². The molecule has 0 saturated carbocycles. The molecule has 7 nitrogen and oxygen atoms in total. The summed E-state index contributed by atoms with van der Waals surface area (Å²) >= 11 is 0. The van der Waals surface area contributed by atoms with Crippen molar-refractivity contribution in [2.75, 3.05) is 44.0 Å². The third-order valence-corrected chi connectivity index (χ3v) is 6.73. The Morgan fingerprint density at radius 1 is 1.12 bits per heavy atom. The van der Waals surface area contributed by atoms with E-state index in [-0.39, 0.29) is 11.8 Å². The lowest BCUT2D eigenvalue weighted by Crippen LogP contribution is -2.33. The highest BCUT2D eigenvalue weighted by Crippen LogP contribution is 2.33. The maximum Gasteiger partial charge on any atom is 0.228 e. The van der Waals surface area contributed by atoms with Crippen LogP contribution in [0, 0.1) is 6.92 Å². The summed E-state index contributed by atoms with van der Waals surface area (Å²) in [6.45, 7) is 4.81. The van der Waals surface area contributed by atoms with Gasteiger partial charge in [-0.15, -0.1) is 0 Å². The lowest BCUT2D eigenvalue weighted by Gasteiger charge is -2.26. The molecule has 0 spiro atoms. The van der Waals surface area contributed by atoms with Crippen LogP contribution in [0.1, 0.15) is 41.4 Å². The fourth-order valence-corrected chi connectivity index (χ4v) is 4.95. The molecule has 1 amide bonds. The van der Waals surface area contributed by atoms with Gasteiger partial charge in [0.2, 0.25) is 5.91 Å². The summed E-state index contributed by atoms with van der Waals surface area (Å²) in [5.41, 5.74) is 4.39. The number of pyridine rings is 1. The van der Waals surface area contributed by atoms with Gasteiger partial charge in [0.25, 0.3) is 0 Å². The number of amides is 1. The standard InChI is InChI=1S/C25H30N6O/c1-16-20-9-10-22(32)30(4)25(20)28-23(26-16)18-11-12-31(14-18)15-19-13-17-7-5-6-8-21(17)27-24(19)29(2)3/h5-8,13,18H,9-12,14-15H2,1-4H3. The number of likely N-dealkylation sites (tertiary alicyclic amines) is 1. The van der Waals surface area contributed by atoms with Crippen molar-refractivity contribution in [1.82, 2.24) is 19.9 Å². The van der Waals surface area contributed by atoms with Crippen molar-refractivity contribution in [2.24, 2.45) is 0 Å². The molecule has 0 N–H and O–H groups in total. The molecular weight excluding hydrogens is 400 g/mol. The molecule has 32 heavy (non-hydrogen) atoms. The fourth-order valence-electron chi connectivity index (χ4n) is 4.95. The van der Waals surface area contributed by atoms with Gasteiger partial charge in [-0.3, -0.25) is 14.6 Å². The Labute approximate surface area is 189 Å². The van der Waals surface area contributed by atoms with Crippen molar-refractivity contribution >= 4 is 28.4 Å². The SMILES string of the molecule is Cc1nc(C2CCN(Cc3cc4ccccc4nc3N(C)C)C2)nc2c1CCC(=O)N2C. The van der Waals surface area contributed by atoms with E-state index in [1.165, 1.54) is 10.9 Å². The van der Waals surface area contributed by atoms with Gasteiger partial charge in [0.05, 0.1) is 5.52 Å². The van der Waals surface area contributed by atoms with Crippen molar-refractivity contribution in [2.45, 2.75) is 38.6 Å². The van der Waals surface area contributed by atoms with Crippen molar-refractivity contribution in [1.29, 1.82) is 0 Å². The first-order chi connectivity index (χ1) is 15.4. The summed E-state index contributed by atoms with van der Waals surface area (Å²) in [5, 5.41) is 1.17. The van der Waals surface area contributed by atoms with E-state index in [2.05, 4.69) is 48.2 Å². The molecule has 2 aliphatic heterocycles. The highest BCUT2D eigenvalue weighted by atomic mass is 16.2. The van der Waals surface area contributed by atoms with Crippen LogP contribution < -0.4 is 9.80 Å². The predicted octanol–water partition coefficient (Wildman–Crippen LogP) is 3.30. The summed E-state index contributed by atoms with van der Waals surface area (Å²) in [4.78, 5) is 33.1. The first-order valence-electron chi connectivity index (χ1n) is 11.3. The summed E-state index contributed by atoms with van der Waals surface area (Å²) in [6.07, 6.45) is 2.30. The Morgan fingerprint density at radius 3 is 2.75 bits per heavy atom. The average molecular weight is 431 g/mol. The molecule has 5 rings (SSSR count). The quantitative estimate of drug-likeness (QED) is 0.633. The number of anilines is 2. The number of para-hydroxylation sites is 1. The number of aryl methyl sites for hydroxylation is 1. The predicted molar refractivity (Wildman–Crippen MR) is 127 cm³/mol. The second-order valence-electron chi connectivity index (χ2n) is 9.20. The van der Waals surface area contributed by atoms with Crippen molar-refractivity contribution < 1.29 is 4.79 Å². The molecule has 0 radical (unpaired) electrons. The lowest BCUT2D eigenvalue weighted by atomic mass is 10.0. The number of fused-ring (bicyclic) bond motifs is 2. The van der Waals surface area contributed by atoms with Crippen LogP contribution in [-0.4, -0.2) is 60.0 Å². The molecule has 4 heterocycles. The number of carbonyl (C=O) groups is 1. The van der Waals surface area contributed by atoms with Crippen LogP contribution >= 0.6 is 0 Å². The molecule has 1 saturated heterocycles. The third-order valence-electron chi connectivity index (χ3n) is 6.73. The highest BCUT2D eigenvalue weighted by Gasteiger charge is 2.30. The monoisotopic (exact) mass is 430 g/mol. The summed E-state index contributed by atoms with van der Waals surface area (Å²) in [6, 6.07) is 10.6. The molecule has 2 aromatic heterocycles. The Hall–Kier alpha value is -3.06. The van der Waals surface area contributed by atoms with Gasteiger partial charge in [0, 0.05) is 68.8 Å². The summed E-state index contributed by atoms with van der Waals surface area (Å²) in [7, 11) is 5.93. The van der Waals surface area contributed by atoms with Crippen LogP contribution in [-0.2, 0) is 17.8 Å². The average Bonchev–Trinajstić information content (AvgIpc) is 3.24. The maximum absolute atomic E-state index is 12.2. The molecule has 1 unspecified atom stereocenters. The van der Waals surface area contributed by atoms with Crippen LogP contribution in [0.15, 0.2) is 30.3 Å². The van der Waals surface area contributed by atoms with E-state index in [1.807, 2.05) is 20.0 Å². The minimum Gasteiger partial charge on any atom is -0.362 e. The van der Waals surface area contributed by atoms with Gasteiger partial charge in [-0.25, -0.2) is 15.0 Å². The Balaban J connectivity index is 1.38. The number of rotatable bonds is 4. The van der Waals surface area contributed by atoms with Gasteiger partial charge >= 0.3 is 0 Å². The molecule has 1 atom stereocenters. The molecule has 3 aromatic rings. The molecule has 1 aromatic carbocycles. The Bertz CT molecular complexity index is 1190. The van der Waals surface area contributed by atoms with Crippen LogP contribution in [0.25, 0.3) is 10.9 Å². The zero-order valence-electron chi connectivity index (χ0n) is 19.3. The Kier molecular flexibility index (Phi) is 5.29. The van der Waals surface area contributed by atoms with E-state index >= 15 is 0 Å². The van der Waals surface area contributed by atoms with E-state index in [0.717, 1.165) is 66.7 Å². The molecule has 0 aliphatic carbocycles. The first kappa shape index (κ1) is 20.8. The number of hydrogen-bond donors (Lipinski definition) is 0. The summed E-state index contributed by atoms with van der Waals surface area (Å²) < 4.78 is 0. The van der Waals surface area contributed by atoms with Crippen molar-refractivity contribution in [3.8, 4) is 0 Å². The third kappa shape index (κ3) is 3.71. The normalized spacial score (nSPS) is 18.9. The van der Waals surface area contributed by atoms with Crippen molar-refractivity contribution in [3.63, 3.8) is 0 Å². The van der Waals surface area contributed by atoms with Crippen LogP contribution in [0.2, 0.25) is 0 Å². The van der Waals surface area contributed by atoms with Gasteiger partial charge in [-0.1, -0.05) is 18.2 Å². The van der Waals surface area contributed by atoms with Gasteiger partial charge < -0.3 is 4.90 Å². The number of aromatic nitrogens is 3. The second-order valence-corrected chi connectivity index (χ2v) is 9.20. The largest absolute Gasteiger partial charge is 0.362 e. The van der Waals surface area contributed by atoms with E-state index in [1.54, 1.807) is 4.90 Å².